The number of benzene rings is 1. The quantitative estimate of drug-likeness (QED) is 0.828. The Labute approximate surface area is 148 Å². The molecule has 0 saturated heterocycles. The smallest absolute Gasteiger partial charge is 0.338 e. The molecule has 0 radical (unpaired) electrons. The van der Waals surface area contributed by atoms with Crippen LogP contribution in [0.2, 0.25) is 0 Å². The summed E-state index contributed by atoms with van der Waals surface area (Å²) in [5.41, 5.74) is 0.194. The molecule has 0 aliphatic heterocycles. The van der Waals surface area contributed by atoms with Crippen LogP contribution >= 0.6 is 0 Å². The maximum atomic E-state index is 12.6. The minimum atomic E-state index is -0.970. The molecule has 0 unspecified atom stereocenters. The van der Waals surface area contributed by atoms with Gasteiger partial charge in [-0.25, -0.2) is 4.79 Å². The highest BCUT2D eigenvalue weighted by molar-refractivity contribution is 5.92. The summed E-state index contributed by atoms with van der Waals surface area (Å²) in [4.78, 5) is 26.3. The first kappa shape index (κ1) is 18.9. The highest BCUT2D eigenvalue weighted by atomic mass is 16.5. The molecule has 6 heteroatoms. The van der Waals surface area contributed by atoms with E-state index in [0.717, 1.165) is 19.3 Å². The van der Waals surface area contributed by atoms with Crippen LogP contribution in [0.25, 0.3) is 0 Å². The van der Waals surface area contributed by atoms with Gasteiger partial charge < -0.3 is 14.7 Å². The van der Waals surface area contributed by atoms with Crippen molar-refractivity contribution in [2.24, 2.45) is 0 Å². The molecule has 1 aliphatic carbocycles. The Hall–Kier alpha value is -2.39. The predicted molar refractivity (Wildman–Crippen MR) is 91.4 cm³/mol. The van der Waals surface area contributed by atoms with Crippen molar-refractivity contribution in [3.63, 3.8) is 0 Å². The van der Waals surface area contributed by atoms with E-state index in [-0.39, 0.29) is 12.5 Å². The SMILES string of the molecule is C[C@H](OC(=O)c1ccc(CO)cc1)C(=O)N(C)C1(C#N)CCCCC1. The molecule has 2 rings (SSSR count). The van der Waals surface area contributed by atoms with Gasteiger partial charge in [0.15, 0.2) is 6.10 Å². The third kappa shape index (κ3) is 4.18. The predicted octanol–water partition coefficient (Wildman–Crippen LogP) is 2.41. The van der Waals surface area contributed by atoms with Crippen LogP contribution in [0, 0.1) is 11.3 Å². The van der Waals surface area contributed by atoms with E-state index in [1.807, 2.05) is 0 Å². The molecule has 1 fully saturated rings. The number of aliphatic hydroxyl groups excluding tert-OH is 1. The lowest BCUT2D eigenvalue weighted by Crippen LogP contribution is -2.53. The minimum absolute atomic E-state index is 0.106. The maximum Gasteiger partial charge on any atom is 0.338 e. The summed E-state index contributed by atoms with van der Waals surface area (Å²) in [6.45, 7) is 1.41. The maximum absolute atomic E-state index is 12.6. The number of nitriles is 1. The zero-order valence-corrected chi connectivity index (χ0v) is 14.7. The molecule has 0 spiro atoms. The summed E-state index contributed by atoms with van der Waals surface area (Å²) in [5, 5.41) is 18.6. The van der Waals surface area contributed by atoms with E-state index in [4.69, 9.17) is 9.84 Å². The summed E-state index contributed by atoms with van der Waals surface area (Å²) in [6, 6.07) is 8.64. The van der Waals surface area contributed by atoms with Gasteiger partial charge in [-0.15, -0.1) is 0 Å². The van der Waals surface area contributed by atoms with Crippen LogP contribution in [-0.4, -0.2) is 40.6 Å². The average Bonchev–Trinajstić information content (AvgIpc) is 2.67. The fourth-order valence-corrected chi connectivity index (χ4v) is 3.17. The number of rotatable bonds is 5. The van der Waals surface area contributed by atoms with Crippen LogP contribution in [0.5, 0.6) is 0 Å². The molecule has 0 bridgehead atoms. The standard InChI is InChI=1S/C19H24N2O4/c1-14(25-18(24)16-8-6-15(12-22)7-9-16)17(23)21(2)19(13-20)10-4-3-5-11-19/h6-9,14,22H,3-5,10-12H2,1-2H3/t14-/m0/s1. The second-order valence-electron chi connectivity index (χ2n) is 6.50. The zero-order chi connectivity index (χ0) is 18.4. The van der Waals surface area contributed by atoms with Gasteiger partial charge in [0.05, 0.1) is 18.2 Å². The third-order valence-corrected chi connectivity index (χ3v) is 4.87. The second-order valence-corrected chi connectivity index (χ2v) is 6.50. The van der Waals surface area contributed by atoms with Gasteiger partial charge in [0.25, 0.3) is 5.91 Å². The highest BCUT2D eigenvalue weighted by Crippen LogP contribution is 2.32. The zero-order valence-electron chi connectivity index (χ0n) is 14.7. The Morgan fingerprint density at radius 3 is 2.40 bits per heavy atom. The van der Waals surface area contributed by atoms with Crippen LogP contribution in [0.3, 0.4) is 0 Å². The summed E-state index contributed by atoms with van der Waals surface area (Å²) >= 11 is 0. The van der Waals surface area contributed by atoms with Crippen LogP contribution in [0.4, 0.5) is 0 Å². The normalized spacial score (nSPS) is 17.2. The molecule has 1 aromatic rings. The van der Waals surface area contributed by atoms with Crippen molar-refractivity contribution in [1.82, 2.24) is 4.90 Å². The number of ether oxygens (including phenoxy) is 1. The van der Waals surface area contributed by atoms with Crippen LogP contribution in [-0.2, 0) is 16.1 Å². The van der Waals surface area contributed by atoms with Crippen molar-refractivity contribution >= 4 is 11.9 Å². The Morgan fingerprint density at radius 1 is 1.28 bits per heavy atom. The first-order chi connectivity index (χ1) is 11.9. The number of likely N-dealkylation sites (N-methyl/N-ethyl adjacent to an activating group) is 1. The molecule has 0 heterocycles. The summed E-state index contributed by atoms with van der Waals surface area (Å²) < 4.78 is 5.27. The molecule has 1 saturated carbocycles. The minimum Gasteiger partial charge on any atom is -0.449 e. The largest absolute Gasteiger partial charge is 0.449 e. The van der Waals surface area contributed by atoms with Crippen molar-refractivity contribution in [2.45, 2.75) is 57.3 Å². The molecule has 1 N–H and O–H groups in total. The first-order valence-electron chi connectivity index (χ1n) is 8.53. The molecular weight excluding hydrogens is 320 g/mol. The Morgan fingerprint density at radius 2 is 1.88 bits per heavy atom. The number of carbonyl (C=O) groups excluding carboxylic acids is 2. The van der Waals surface area contributed by atoms with Crippen LogP contribution in [0.15, 0.2) is 24.3 Å². The molecule has 1 atom stereocenters. The topological polar surface area (TPSA) is 90.6 Å². The molecule has 1 amide bonds. The molecule has 25 heavy (non-hydrogen) atoms. The molecule has 1 aromatic carbocycles. The molecule has 0 aromatic heterocycles. The number of carbonyl (C=O) groups is 2. The Kier molecular flexibility index (Phi) is 6.16. The molecular formula is C19H24N2O4. The number of nitrogens with zero attached hydrogens (tertiary/aromatic N) is 2. The summed E-state index contributed by atoms with van der Waals surface area (Å²) in [5.74, 6) is -0.975. The van der Waals surface area contributed by atoms with E-state index < -0.39 is 17.6 Å². The lowest BCUT2D eigenvalue weighted by atomic mass is 9.81. The highest BCUT2D eigenvalue weighted by Gasteiger charge is 2.40. The van der Waals surface area contributed by atoms with Gasteiger partial charge in [0.2, 0.25) is 0 Å². The van der Waals surface area contributed by atoms with Crippen molar-refractivity contribution in [3.05, 3.63) is 35.4 Å². The summed E-state index contributed by atoms with van der Waals surface area (Å²) in [7, 11) is 1.61. The van der Waals surface area contributed by atoms with Gasteiger partial charge in [-0.3, -0.25) is 4.79 Å². The van der Waals surface area contributed by atoms with E-state index in [1.54, 1.807) is 31.3 Å². The van der Waals surface area contributed by atoms with E-state index in [2.05, 4.69) is 6.07 Å². The summed E-state index contributed by atoms with van der Waals surface area (Å²) in [6.07, 6.45) is 3.22. The van der Waals surface area contributed by atoms with Crippen molar-refractivity contribution in [2.75, 3.05) is 7.05 Å². The monoisotopic (exact) mass is 344 g/mol. The van der Waals surface area contributed by atoms with Crippen molar-refractivity contribution < 1.29 is 19.4 Å². The fraction of sp³-hybridized carbons (Fsp3) is 0.526. The average molecular weight is 344 g/mol. The number of hydrogen-bond donors (Lipinski definition) is 1. The molecule has 134 valence electrons. The number of esters is 1. The van der Waals surface area contributed by atoms with Gasteiger partial charge in [0, 0.05) is 7.05 Å². The van der Waals surface area contributed by atoms with Crippen LogP contribution < -0.4 is 0 Å². The third-order valence-electron chi connectivity index (χ3n) is 4.87. The van der Waals surface area contributed by atoms with Crippen LogP contribution in [0.1, 0.15) is 54.9 Å². The van der Waals surface area contributed by atoms with E-state index >= 15 is 0 Å². The van der Waals surface area contributed by atoms with Gasteiger partial charge in [-0.1, -0.05) is 31.4 Å². The van der Waals surface area contributed by atoms with Gasteiger partial charge in [-0.2, -0.15) is 5.26 Å². The fourth-order valence-electron chi connectivity index (χ4n) is 3.17. The number of amides is 1. The lowest BCUT2D eigenvalue weighted by Gasteiger charge is -2.39. The van der Waals surface area contributed by atoms with E-state index in [9.17, 15) is 14.9 Å². The second kappa shape index (κ2) is 8.13. The Balaban J connectivity index is 2.03. The van der Waals surface area contributed by atoms with E-state index in [1.165, 1.54) is 11.8 Å². The van der Waals surface area contributed by atoms with Crippen molar-refractivity contribution in [1.29, 1.82) is 5.26 Å². The van der Waals surface area contributed by atoms with Gasteiger partial charge in [0.1, 0.15) is 5.54 Å². The molecule has 6 nitrogen and oxygen atoms in total. The lowest BCUT2D eigenvalue weighted by molar-refractivity contribution is -0.143. The van der Waals surface area contributed by atoms with Crippen molar-refractivity contribution in [3.8, 4) is 6.07 Å². The number of hydrogen-bond acceptors (Lipinski definition) is 5. The van der Waals surface area contributed by atoms with Gasteiger partial charge in [-0.05, 0) is 37.5 Å². The van der Waals surface area contributed by atoms with Gasteiger partial charge >= 0.3 is 5.97 Å². The molecule has 1 aliphatic rings. The number of aliphatic hydroxyl groups is 1. The van der Waals surface area contributed by atoms with E-state index in [0.29, 0.717) is 24.0 Å². The first-order valence-corrected chi connectivity index (χ1v) is 8.53. The Bertz CT molecular complexity index is 657.